The summed E-state index contributed by atoms with van der Waals surface area (Å²) in [4.78, 5) is 39.2. The van der Waals surface area contributed by atoms with Gasteiger partial charge in [-0.1, -0.05) is 19.9 Å². The minimum Gasteiger partial charge on any atom is -0.481 e. The van der Waals surface area contributed by atoms with E-state index in [1.807, 2.05) is 44.7 Å². The molecule has 4 aliphatic heterocycles. The third-order valence-corrected chi connectivity index (χ3v) is 12.1. The maximum absolute atomic E-state index is 12.5. The monoisotopic (exact) mass is 640 g/mol. The van der Waals surface area contributed by atoms with Gasteiger partial charge in [0.25, 0.3) is 0 Å². The van der Waals surface area contributed by atoms with E-state index in [9.17, 15) is 34.8 Å². The van der Waals surface area contributed by atoms with Gasteiger partial charge in [-0.05, 0) is 74.5 Å². The van der Waals surface area contributed by atoms with Crippen LogP contribution in [-0.2, 0) is 20.8 Å². The predicted octanol–water partition coefficient (Wildman–Crippen LogP) is 3.05. The van der Waals surface area contributed by atoms with Crippen LogP contribution in [0.3, 0.4) is 0 Å². The van der Waals surface area contributed by atoms with E-state index in [2.05, 4.69) is 34.4 Å². The van der Waals surface area contributed by atoms with Crippen LogP contribution < -0.4 is 16.0 Å². The van der Waals surface area contributed by atoms with Crippen molar-refractivity contribution in [2.24, 2.45) is 11.8 Å². The number of carbonyl (C=O) groups excluding carboxylic acids is 1. The van der Waals surface area contributed by atoms with Gasteiger partial charge in [0.15, 0.2) is 0 Å². The molecule has 8 atom stereocenters. The molecule has 0 radical (unpaired) electrons. The van der Waals surface area contributed by atoms with Gasteiger partial charge in [-0.25, -0.2) is 0 Å². The summed E-state index contributed by atoms with van der Waals surface area (Å²) in [5.41, 5.74) is 5.34. The van der Waals surface area contributed by atoms with E-state index in [1.54, 1.807) is 6.92 Å². The molecule has 0 saturated carbocycles. The van der Waals surface area contributed by atoms with Crippen LogP contribution in [-0.4, -0.2) is 77.2 Å². The zero-order valence-corrected chi connectivity index (χ0v) is 27.2. The van der Waals surface area contributed by atoms with Crippen molar-refractivity contribution in [2.45, 2.75) is 101 Å². The fourth-order valence-corrected chi connectivity index (χ4v) is 8.79. The average Bonchev–Trinajstić information content (AvgIpc) is 3.19. The second kappa shape index (κ2) is 12.0. The summed E-state index contributed by atoms with van der Waals surface area (Å²) in [6, 6.07) is -0.830. The molecule has 5 rings (SSSR count). The molecule has 45 heavy (non-hydrogen) atoms. The second-order valence-corrected chi connectivity index (χ2v) is 14.6. The maximum atomic E-state index is 12.5. The van der Waals surface area contributed by atoms with Gasteiger partial charge in [0.05, 0.1) is 22.3 Å². The number of carbonyl (C=O) groups is 3. The van der Waals surface area contributed by atoms with Gasteiger partial charge < -0.3 is 41.4 Å². The molecule has 3 saturated heterocycles. The van der Waals surface area contributed by atoms with Crippen molar-refractivity contribution in [1.82, 2.24) is 20.9 Å². The highest BCUT2D eigenvalue weighted by atomic mass is 32.2. The fraction of sp³-hybridized carbons (Fsp3) is 0.545. The lowest BCUT2D eigenvalue weighted by molar-refractivity contribution is -0.138. The standard InChI is InChI=1S/C33H44N4O7S/c1-7-21-31(43)36-26(32(21,6)44)13-22-15(2)19(8-10-28(38)39)24(34-22)12-25-20(9-11-29(40)41)16(3)23(35-25)14-27-33(18(5)45-33)17(4)30(42)37-27/h7,12,14,17-18,21-22,26,30,34-35,37,42,44H,1,8-11,13H2,2-6H3,(H,36,43)(H,38,39)(H,40,41)/b24-12-,27-14-/t17-,18?,21?,22?,26+,30?,32-,33+/m0/s1. The van der Waals surface area contributed by atoms with Gasteiger partial charge in [-0.15, -0.1) is 18.3 Å². The van der Waals surface area contributed by atoms with Crippen LogP contribution >= 0.6 is 11.8 Å². The Hall–Kier alpha value is -3.48. The molecular weight excluding hydrogens is 596 g/mol. The van der Waals surface area contributed by atoms with Gasteiger partial charge >= 0.3 is 11.9 Å². The summed E-state index contributed by atoms with van der Waals surface area (Å²) >= 11 is 1.81. The van der Waals surface area contributed by atoms with Crippen molar-refractivity contribution in [3.05, 3.63) is 57.7 Å². The summed E-state index contributed by atoms with van der Waals surface area (Å²) in [5, 5.41) is 50.8. The van der Waals surface area contributed by atoms with E-state index in [1.165, 1.54) is 6.08 Å². The number of rotatable bonds is 11. The first-order chi connectivity index (χ1) is 21.1. The minimum absolute atomic E-state index is 0.0313. The number of aromatic amines is 1. The SMILES string of the molecule is C=CC1C(=O)N[C@H](CC2N/C(=C\c3[nH]c(/C=C4\NC(O)[C@H](C)[C@]45SC5C)c(C)c3CCC(=O)O)C(CCC(=O)O)=C2C)[C@@]1(C)O. The number of aliphatic hydroxyl groups excluding tert-OH is 1. The zero-order valence-electron chi connectivity index (χ0n) is 26.4. The highest BCUT2D eigenvalue weighted by Crippen LogP contribution is 2.65. The number of aromatic nitrogens is 1. The number of thioether (sulfide) groups is 1. The van der Waals surface area contributed by atoms with Crippen LogP contribution in [0.2, 0.25) is 0 Å². The first-order valence-electron chi connectivity index (χ1n) is 15.4. The Morgan fingerprint density at radius 1 is 1.02 bits per heavy atom. The molecule has 0 bridgehead atoms. The van der Waals surface area contributed by atoms with Crippen molar-refractivity contribution in [3.63, 3.8) is 0 Å². The van der Waals surface area contributed by atoms with Crippen molar-refractivity contribution in [2.75, 3.05) is 0 Å². The van der Waals surface area contributed by atoms with Gasteiger partial charge in [-0.2, -0.15) is 0 Å². The molecule has 5 heterocycles. The number of aliphatic carboxylic acids is 2. The molecule has 1 aromatic rings. The summed E-state index contributed by atoms with van der Waals surface area (Å²) in [7, 11) is 0. The number of amides is 1. The molecular formula is C33H44N4O7S. The van der Waals surface area contributed by atoms with E-state index in [-0.39, 0.29) is 41.9 Å². The molecule has 0 aliphatic carbocycles. The molecule has 8 N–H and O–H groups in total. The first kappa shape index (κ1) is 32.9. The number of hydrogen-bond acceptors (Lipinski definition) is 8. The normalized spacial score (nSPS) is 35.7. The van der Waals surface area contributed by atoms with Crippen molar-refractivity contribution in [3.8, 4) is 0 Å². The molecule has 11 nitrogen and oxygen atoms in total. The van der Waals surface area contributed by atoms with Crippen LogP contribution in [0.15, 0.2) is 35.2 Å². The number of carboxylic acid groups (broad SMARTS) is 2. The summed E-state index contributed by atoms with van der Waals surface area (Å²) in [5.74, 6) is -2.83. The van der Waals surface area contributed by atoms with Gasteiger partial charge in [0.1, 0.15) is 6.23 Å². The molecule has 244 valence electrons. The maximum Gasteiger partial charge on any atom is 0.303 e. The number of aliphatic hydroxyl groups is 2. The molecule has 1 amide bonds. The second-order valence-electron chi connectivity index (χ2n) is 13.0. The number of nitrogens with one attached hydrogen (secondary N) is 4. The van der Waals surface area contributed by atoms with Crippen molar-refractivity contribution < 1.29 is 34.8 Å². The van der Waals surface area contributed by atoms with Crippen LogP contribution in [0.4, 0.5) is 0 Å². The predicted molar refractivity (Wildman–Crippen MR) is 173 cm³/mol. The van der Waals surface area contributed by atoms with E-state index >= 15 is 0 Å². The molecule has 1 aromatic heterocycles. The summed E-state index contributed by atoms with van der Waals surface area (Å²) in [6.07, 6.45) is 5.53. The average molecular weight is 641 g/mol. The molecule has 12 heteroatoms. The molecule has 0 aromatic carbocycles. The number of hydrogen-bond donors (Lipinski definition) is 8. The van der Waals surface area contributed by atoms with E-state index in [0.29, 0.717) is 23.8 Å². The zero-order chi connectivity index (χ0) is 33.0. The smallest absolute Gasteiger partial charge is 0.303 e. The van der Waals surface area contributed by atoms with E-state index in [0.717, 1.165) is 39.4 Å². The quantitative estimate of drug-likeness (QED) is 0.132. The lowest BCUT2D eigenvalue weighted by Gasteiger charge is -2.30. The van der Waals surface area contributed by atoms with E-state index < -0.39 is 35.7 Å². The van der Waals surface area contributed by atoms with Crippen LogP contribution in [0.1, 0.15) is 75.9 Å². The van der Waals surface area contributed by atoms with Crippen LogP contribution in [0, 0.1) is 18.8 Å². The van der Waals surface area contributed by atoms with Crippen LogP contribution in [0.25, 0.3) is 12.2 Å². The largest absolute Gasteiger partial charge is 0.481 e. The van der Waals surface area contributed by atoms with Gasteiger partial charge in [0.2, 0.25) is 5.91 Å². The topological polar surface area (TPSA) is 184 Å². The molecule has 3 fully saturated rings. The molecule has 1 spiro atoms. The summed E-state index contributed by atoms with van der Waals surface area (Å²) < 4.78 is -0.192. The Bertz CT molecular complexity index is 1520. The lowest BCUT2D eigenvalue weighted by atomic mass is 9.83. The fourth-order valence-electron chi connectivity index (χ4n) is 7.34. The minimum atomic E-state index is -1.34. The Labute approximate surface area is 267 Å². The Balaban J connectivity index is 1.52. The number of H-pyrrole nitrogens is 1. The lowest BCUT2D eigenvalue weighted by Crippen LogP contribution is -2.46. The van der Waals surface area contributed by atoms with Crippen molar-refractivity contribution >= 4 is 41.8 Å². The molecule has 4 aliphatic rings. The van der Waals surface area contributed by atoms with E-state index in [4.69, 9.17) is 0 Å². The van der Waals surface area contributed by atoms with Gasteiger partial charge in [0, 0.05) is 52.8 Å². The Morgan fingerprint density at radius 2 is 1.67 bits per heavy atom. The van der Waals surface area contributed by atoms with Crippen molar-refractivity contribution in [1.29, 1.82) is 0 Å². The van der Waals surface area contributed by atoms with Gasteiger partial charge in [-0.3, -0.25) is 14.4 Å². The Morgan fingerprint density at radius 3 is 2.24 bits per heavy atom. The highest BCUT2D eigenvalue weighted by molar-refractivity contribution is 8.09. The van der Waals surface area contributed by atoms with Crippen LogP contribution in [0.5, 0.6) is 0 Å². The first-order valence-corrected chi connectivity index (χ1v) is 16.3. The third-order valence-electron chi connectivity index (χ3n) is 10.3. The highest BCUT2D eigenvalue weighted by Gasteiger charge is 2.64. The summed E-state index contributed by atoms with van der Waals surface area (Å²) in [6.45, 7) is 13.4. The molecule has 4 unspecified atom stereocenters. The number of carboxylic acids is 2. The Kier molecular flexibility index (Phi) is 8.80. The third kappa shape index (κ3) is 5.83. The number of allylic oxidation sites excluding steroid dienone is 1.